The summed E-state index contributed by atoms with van der Waals surface area (Å²) in [5.41, 5.74) is 1.67. The van der Waals surface area contributed by atoms with E-state index in [1.54, 1.807) is 19.9 Å². The van der Waals surface area contributed by atoms with Crippen LogP contribution in [0, 0.1) is 19.8 Å². The molecule has 0 saturated heterocycles. The highest BCUT2D eigenvalue weighted by molar-refractivity contribution is 5.93. The Morgan fingerprint density at radius 2 is 1.91 bits per heavy atom. The van der Waals surface area contributed by atoms with Crippen molar-refractivity contribution in [1.29, 1.82) is 0 Å². The van der Waals surface area contributed by atoms with Gasteiger partial charge in [-0.1, -0.05) is 30.3 Å². The van der Waals surface area contributed by atoms with E-state index in [-0.39, 0.29) is 18.2 Å². The summed E-state index contributed by atoms with van der Waals surface area (Å²) in [6.07, 6.45) is 0.368. The van der Waals surface area contributed by atoms with Crippen LogP contribution in [-0.4, -0.2) is 23.5 Å². The first kappa shape index (κ1) is 15.8. The third-order valence-corrected chi connectivity index (χ3v) is 3.43. The third-order valence-electron chi connectivity index (χ3n) is 3.43. The molecule has 0 spiro atoms. The molecule has 22 heavy (non-hydrogen) atoms. The molecule has 2 rings (SSSR count). The van der Waals surface area contributed by atoms with Crippen LogP contribution in [0.15, 0.2) is 40.8 Å². The Morgan fingerprint density at radius 3 is 2.45 bits per heavy atom. The Bertz CT molecular complexity index is 661. The molecule has 1 heterocycles. The lowest BCUT2D eigenvalue weighted by Gasteiger charge is -2.13. The Kier molecular flexibility index (Phi) is 4.99. The average Bonchev–Trinajstić information content (AvgIpc) is 2.82. The minimum atomic E-state index is -0.934. The molecule has 1 aromatic heterocycles. The molecule has 0 aliphatic heterocycles. The Balaban J connectivity index is 1.99. The van der Waals surface area contributed by atoms with E-state index in [2.05, 4.69) is 5.32 Å². The number of hydrogen-bond acceptors (Lipinski definition) is 3. The number of hydrogen-bond donors (Lipinski definition) is 2. The van der Waals surface area contributed by atoms with Gasteiger partial charge in [0.25, 0.3) is 5.91 Å². The maximum atomic E-state index is 12.1. The number of carbonyl (C=O) groups excluding carboxylic acids is 1. The fourth-order valence-electron chi connectivity index (χ4n) is 2.31. The van der Waals surface area contributed by atoms with Crippen molar-refractivity contribution < 1.29 is 19.1 Å². The zero-order valence-corrected chi connectivity index (χ0v) is 12.6. The molecule has 0 fully saturated rings. The first-order valence-corrected chi connectivity index (χ1v) is 7.09. The second-order valence-electron chi connectivity index (χ2n) is 5.30. The number of benzene rings is 1. The highest BCUT2D eigenvalue weighted by Crippen LogP contribution is 2.14. The molecule has 0 radical (unpaired) electrons. The second-order valence-corrected chi connectivity index (χ2v) is 5.30. The predicted molar refractivity (Wildman–Crippen MR) is 81.8 cm³/mol. The minimum absolute atomic E-state index is 0.0578. The maximum absolute atomic E-state index is 12.1. The summed E-state index contributed by atoms with van der Waals surface area (Å²) in [6.45, 7) is 3.60. The summed E-state index contributed by atoms with van der Waals surface area (Å²) in [6, 6.07) is 11.1. The molecule has 2 aromatic rings. The lowest BCUT2D eigenvalue weighted by Crippen LogP contribution is -2.34. The Labute approximate surface area is 129 Å². The van der Waals surface area contributed by atoms with Crippen LogP contribution in [0.2, 0.25) is 0 Å². The van der Waals surface area contributed by atoms with Gasteiger partial charge in [0, 0.05) is 12.1 Å². The zero-order chi connectivity index (χ0) is 16.1. The molecule has 1 aromatic carbocycles. The van der Waals surface area contributed by atoms with Crippen molar-refractivity contribution in [3.8, 4) is 0 Å². The lowest BCUT2D eigenvalue weighted by molar-refractivity contribution is -0.141. The molecule has 116 valence electrons. The van der Waals surface area contributed by atoms with Crippen molar-refractivity contribution in [2.75, 3.05) is 6.54 Å². The van der Waals surface area contributed by atoms with Gasteiger partial charge >= 0.3 is 5.97 Å². The molecule has 5 heteroatoms. The van der Waals surface area contributed by atoms with Gasteiger partial charge in [-0.2, -0.15) is 0 Å². The quantitative estimate of drug-likeness (QED) is 0.859. The van der Waals surface area contributed by atoms with Crippen molar-refractivity contribution in [3.63, 3.8) is 0 Å². The molecule has 0 bridgehead atoms. The summed E-state index contributed by atoms with van der Waals surface area (Å²) in [5, 5.41) is 11.9. The largest absolute Gasteiger partial charge is 0.481 e. The molecule has 2 N–H and O–H groups in total. The molecule has 0 aliphatic rings. The molecule has 0 saturated carbocycles. The number of aryl methyl sites for hydroxylation is 2. The first-order chi connectivity index (χ1) is 10.5. The van der Waals surface area contributed by atoms with E-state index >= 15 is 0 Å². The Hall–Kier alpha value is -2.56. The van der Waals surface area contributed by atoms with E-state index < -0.39 is 11.9 Å². The smallest absolute Gasteiger partial charge is 0.308 e. The van der Waals surface area contributed by atoms with Gasteiger partial charge in [0.05, 0.1) is 5.92 Å². The van der Waals surface area contributed by atoms with Crippen LogP contribution < -0.4 is 5.32 Å². The average molecular weight is 301 g/mol. The lowest BCUT2D eigenvalue weighted by atomic mass is 9.99. The van der Waals surface area contributed by atoms with E-state index in [0.717, 1.165) is 11.1 Å². The van der Waals surface area contributed by atoms with Gasteiger partial charge in [0.1, 0.15) is 5.76 Å². The summed E-state index contributed by atoms with van der Waals surface area (Å²) in [7, 11) is 0. The molecular weight excluding hydrogens is 282 g/mol. The highest BCUT2D eigenvalue weighted by Gasteiger charge is 2.21. The van der Waals surface area contributed by atoms with Gasteiger partial charge in [-0.05, 0) is 31.9 Å². The molecular formula is C17H19NO4. The van der Waals surface area contributed by atoms with Crippen molar-refractivity contribution in [1.82, 2.24) is 5.32 Å². The van der Waals surface area contributed by atoms with Gasteiger partial charge in [0.15, 0.2) is 5.76 Å². The number of rotatable bonds is 6. The fourth-order valence-corrected chi connectivity index (χ4v) is 2.31. The number of carboxylic acids is 1. The van der Waals surface area contributed by atoms with E-state index in [4.69, 9.17) is 4.42 Å². The summed E-state index contributed by atoms with van der Waals surface area (Å²) >= 11 is 0. The molecule has 1 atom stereocenters. The Morgan fingerprint density at radius 1 is 1.23 bits per heavy atom. The van der Waals surface area contributed by atoms with Crippen molar-refractivity contribution >= 4 is 11.9 Å². The van der Waals surface area contributed by atoms with Crippen LogP contribution in [0.1, 0.15) is 27.4 Å². The van der Waals surface area contributed by atoms with E-state index in [1.807, 2.05) is 30.3 Å². The van der Waals surface area contributed by atoms with Gasteiger partial charge in [-0.3, -0.25) is 9.59 Å². The minimum Gasteiger partial charge on any atom is -0.481 e. The van der Waals surface area contributed by atoms with Crippen LogP contribution in [0.25, 0.3) is 0 Å². The van der Waals surface area contributed by atoms with Gasteiger partial charge in [0.2, 0.25) is 0 Å². The molecule has 1 amide bonds. The molecule has 1 unspecified atom stereocenters. The number of furan rings is 1. The zero-order valence-electron chi connectivity index (χ0n) is 12.6. The summed E-state index contributed by atoms with van der Waals surface area (Å²) in [5.74, 6) is -1.10. The maximum Gasteiger partial charge on any atom is 0.308 e. The predicted octanol–water partition coefficient (Wildman–Crippen LogP) is 2.57. The van der Waals surface area contributed by atoms with E-state index in [1.165, 1.54) is 0 Å². The number of nitrogens with one attached hydrogen (secondary N) is 1. The van der Waals surface area contributed by atoms with Crippen LogP contribution in [0.4, 0.5) is 0 Å². The summed E-state index contributed by atoms with van der Waals surface area (Å²) < 4.78 is 5.33. The van der Waals surface area contributed by atoms with Crippen molar-refractivity contribution in [3.05, 3.63) is 59.0 Å². The fraction of sp³-hybridized carbons (Fsp3) is 0.294. The van der Waals surface area contributed by atoms with E-state index in [0.29, 0.717) is 12.2 Å². The second kappa shape index (κ2) is 6.93. The van der Waals surface area contributed by atoms with Crippen LogP contribution in [0.5, 0.6) is 0 Å². The number of carbonyl (C=O) groups is 2. The first-order valence-electron chi connectivity index (χ1n) is 7.09. The third kappa shape index (κ3) is 3.97. The molecule has 0 aliphatic carbocycles. The highest BCUT2D eigenvalue weighted by atomic mass is 16.4. The topological polar surface area (TPSA) is 79.5 Å². The SMILES string of the molecule is Cc1cc(C)c(C(=O)NCC(Cc2ccccc2)C(=O)O)o1. The van der Waals surface area contributed by atoms with Gasteiger partial charge in [-0.15, -0.1) is 0 Å². The standard InChI is InChI=1S/C17H19NO4/c1-11-8-12(2)22-15(11)16(19)18-10-14(17(20)21)9-13-6-4-3-5-7-13/h3-8,14H,9-10H2,1-2H3,(H,18,19)(H,20,21). The van der Waals surface area contributed by atoms with Gasteiger partial charge in [-0.25, -0.2) is 0 Å². The van der Waals surface area contributed by atoms with Crippen molar-refractivity contribution in [2.24, 2.45) is 5.92 Å². The number of amides is 1. The van der Waals surface area contributed by atoms with Crippen LogP contribution in [-0.2, 0) is 11.2 Å². The monoisotopic (exact) mass is 301 g/mol. The van der Waals surface area contributed by atoms with Gasteiger partial charge < -0.3 is 14.8 Å². The molecule has 5 nitrogen and oxygen atoms in total. The van der Waals surface area contributed by atoms with Crippen LogP contribution in [0.3, 0.4) is 0 Å². The number of carboxylic acid groups (broad SMARTS) is 1. The van der Waals surface area contributed by atoms with Crippen molar-refractivity contribution in [2.45, 2.75) is 20.3 Å². The number of aliphatic carboxylic acids is 1. The normalized spacial score (nSPS) is 11.9. The summed E-state index contributed by atoms with van der Waals surface area (Å²) in [4.78, 5) is 23.4. The van der Waals surface area contributed by atoms with E-state index in [9.17, 15) is 14.7 Å². The van der Waals surface area contributed by atoms with Crippen LogP contribution >= 0.6 is 0 Å².